The highest BCUT2D eigenvalue weighted by molar-refractivity contribution is 5.94. The maximum Gasteiger partial charge on any atom is 0.339 e. The van der Waals surface area contributed by atoms with Gasteiger partial charge in [-0.2, -0.15) is 5.26 Å². The highest BCUT2D eigenvalue weighted by Gasteiger charge is 2.24. The van der Waals surface area contributed by atoms with E-state index in [0.29, 0.717) is 5.56 Å². The van der Waals surface area contributed by atoms with Crippen LogP contribution in [0.1, 0.15) is 28.4 Å². The fraction of sp³-hybridized carbons (Fsp3) is 0.273. The van der Waals surface area contributed by atoms with Crippen LogP contribution in [0.15, 0.2) is 12.1 Å². The normalized spacial score (nSPS) is 9.47. The number of nitriles is 1. The second kappa shape index (κ2) is 5.07. The number of carbonyl (C=O) groups excluding carboxylic acids is 1. The van der Waals surface area contributed by atoms with Gasteiger partial charge in [0.2, 0.25) is 0 Å². The monoisotopic (exact) mass is 234 g/mol. The van der Waals surface area contributed by atoms with Gasteiger partial charge in [0, 0.05) is 5.56 Å². The molecule has 0 amide bonds. The first kappa shape index (κ1) is 12.6. The Kier molecular flexibility index (Phi) is 3.78. The topological polar surface area (TPSA) is 93.2 Å². The van der Waals surface area contributed by atoms with E-state index in [1.807, 2.05) is 0 Å². The van der Waals surface area contributed by atoms with Gasteiger partial charge in [0.1, 0.15) is 11.6 Å². The van der Waals surface area contributed by atoms with E-state index in [1.54, 1.807) is 13.0 Å². The molecule has 0 saturated heterocycles. The Morgan fingerprint density at radius 2 is 2.24 bits per heavy atom. The quantitative estimate of drug-likeness (QED) is 0.452. The largest absolute Gasteiger partial charge is 0.462 e. The summed E-state index contributed by atoms with van der Waals surface area (Å²) in [5.74, 6) is -0.729. The van der Waals surface area contributed by atoms with Crippen molar-refractivity contribution in [1.29, 1.82) is 5.26 Å². The minimum absolute atomic E-state index is 0.0772. The number of benzene rings is 1. The van der Waals surface area contributed by atoms with Crippen LogP contribution in [-0.2, 0) is 4.74 Å². The number of hydrogen-bond donors (Lipinski definition) is 0. The van der Waals surface area contributed by atoms with Crippen LogP contribution in [0.25, 0.3) is 0 Å². The molecule has 1 aromatic carbocycles. The van der Waals surface area contributed by atoms with E-state index in [2.05, 4.69) is 0 Å². The van der Waals surface area contributed by atoms with E-state index in [9.17, 15) is 14.9 Å². The molecule has 0 atom stereocenters. The second-order valence-electron chi connectivity index (χ2n) is 3.24. The molecule has 0 heterocycles. The number of nitrogens with zero attached hydrogens (tertiary/aromatic N) is 2. The first-order valence-electron chi connectivity index (χ1n) is 4.88. The van der Waals surface area contributed by atoms with Crippen LogP contribution >= 0.6 is 0 Å². The Bertz CT molecular complexity index is 517. The zero-order valence-corrected chi connectivity index (χ0v) is 9.39. The Labute approximate surface area is 97.6 Å². The highest BCUT2D eigenvalue weighted by Crippen LogP contribution is 2.26. The summed E-state index contributed by atoms with van der Waals surface area (Å²) < 4.78 is 4.73. The van der Waals surface area contributed by atoms with E-state index in [-0.39, 0.29) is 23.4 Å². The van der Waals surface area contributed by atoms with Gasteiger partial charge in [-0.15, -0.1) is 0 Å². The SMILES string of the molecule is CCOC(=O)c1ccc(C)c([N+](=O)[O-])c1C#N. The van der Waals surface area contributed by atoms with Crippen molar-refractivity contribution >= 4 is 11.7 Å². The van der Waals surface area contributed by atoms with E-state index in [4.69, 9.17) is 10.00 Å². The van der Waals surface area contributed by atoms with E-state index >= 15 is 0 Å². The summed E-state index contributed by atoms with van der Waals surface area (Å²) >= 11 is 0. The molecule has 0 aromatic heterocycles. The summed E-state index contributed by atoms with van der Waals surface area (Å²) in [5.41, 5.74) is -0.349. The molecule has 0 unspecified atom stereocenters. The van der Waals surface area contributed by atoms with Crippen LogP contribution in [0.4, 0.5) is 5.69 Å². The second-order valence-corrected chi connectivity index (χ2v) is 3.24. The summed E-state index contributed by atoms with van der Waals surface area (Å²) in [7, 11) is 0. The first-order valence-corrected chi connectivity index (χ1v) is 4.88. The molecule has 0 radical (unpaired) electrons. The van der Waals surface area contributed by atoms with E-state index < -0.39 is 10.9 Å². The summed E-state index contributed by atoms with van der Waals surface area (Å²) in [6.45, 7) is 3.27. The molecule has 0 saturated carbocycles. The van der Waals surface area contributed by atoms with Gasteiger partial charge in [0.15, 0.2) is 0 Å². The maximum atomic E-state index is 11.5. The van der Waals surface area contributed by atoms with Crippen LogP contribution in [0.3, 0.4) is 0 Å². The Morgan fingerprint density at radius 3 is 2.71 bits per heavy atom. The molecule has 0 aliphatic rings. The molecule has 1 rings (SSSR count). The van der Waals surface area contributed by atoms with Crippen molar-refractivity contribution in [3.63, 3.8) is 0 Å². The first-order chi connectivity index (χ1) is 8.02. The van der Waals surface area contributed by atoms with Crippen molar-refractivity contribution in [3.8, 4) is 6.07 Å². The lowest BCUT2D eigenvalue weighted by molar-refractivity contribution is -0.385. The fourth-order valence-electron chi connectivity index (χ4n) is 1.42. The minimum Gasteiger partial charge on any atom is -0.462 e. The van der Waals surface area contributed by atoms with Crippen molar-refractivity contribution in [1.82, 2.24) is 0 Å². The Hall–Kier alpha value is -2.42. The standard InChI is InChI=1S/C11H10N2O4/c1-3-17-11(14)8-5-4-7(2)10(13(15)16)9(8)6-12/h4-5H,3H2,1-2H3. The predicted molar refractivity (Wildman–Crippen MR) is 58.5 cm³/mol. The van der Waals surface area contributed by atoms with Crippen molar-refractivity contribution < 1.29 is 14.5 Å². The van der Waals surface area contributed by atoms with Gasteiger partial charge in [-0.25, -0.2) is 4.79 Å². The average Bonchev–Trinajstić information content (AvgIpc) is 2.27. The molecule has 0 spiro atoms. The molecule has 0 aliphatic heterocycles. The van der Waals surface area contributed by atoms with Gasteiger partial charge >= 0.3 is 5.97 Å². The number of esters is 1. The molecule has 0 fully saturated rings. The summed E-state index contributed by atoms with van der Waals surface area (Å²) in [6.07, 6.45) is 0. The van der Waals surface area contributed by atoms with Crippen LogP contribution in [0, 0.1) is 28.4 Å². The molecule has 0 aliphatic carbocycles. The predicted octanol–water partition coefficient (Wildman–Crippen LogP) is 1.95. The number of rotatable bonds is 3. The number of carbonyl (C=O) groups is 1. The lowest BCUT2D eigenvalue weighted by Crippen LogP contribution is -2.09. The Morgan fingerprint density at radius 1 is 1.59 bits per heavy atom. The lowest BCUT2D eigenvalue weighted by Gasteiger charge is -2.05. The summed E-state index contributed by atoms with van der Waals surface area (Å²) in [6, 6.07) is 4.47. The molecule has 17 heavy (non-hydrogen) atoms. The Balaban J connectivity index is 3.45. The molecule has 6 nitrogen and oxygen atoms in total. The zero-order valence-electron chi connectivity index (χ0n) is 9.39. The average molecular weight is 234 g/mol. The van der Waals surface area contributed by atoms with E-state index in [0.717, 1.165) is 0 Å². The molecule has 0 N–H and O–H groups in total. The maximum absolute atomic E-state index is 11.5. The third kappa shape index (κ3) is 2.39. The van der Waals surface area contributed by atoms with Crippen molar-refractivity contribution in [2.75, 3.05) is 6.61 Å². The molecule has 6 heteroatoms. The lowest BCUT2D eigenvalue weighted by atomic mass is 10.0. The third-order valence-corrected chi connectivity index (χ3v) is 2.17. The minimum atomic E-state index is -0.729. The zero-order chi connectivity index (χ0) is 13.0. The van der Waals surface area contributed by atoms with Crippen LogP contribution in [-0.4, -0.2) is 17.5 Å². The number of nitro groups is 1. The number of nitro benzene ring substituents is 1. The van der Waals surface area contributed by atoms with Gasteiger partial charge in [-0.3, -0.25) is 10.1 Å². The fourth-order valence-corrected chi connectivity index (χ4v) is 1.42. The van der Waals surface area contributed by atoms with Crippen molar-refractivity contribution in [2.45, 2.75) is 13.8 Å². The number of ether oxygens (including phenoxy) is 1. The van der Waals surface area contributed by atoms with Crippen LogP contribution in [0.2, 0.25) is 0 Å². The van der Waals surface area contributed by atoms with Crippen molar-refractivity contribution in [3.05, 3.63) is 38.9 Å². The smallest absolute Gasteiger partial charge is 0.339 e. The molecular weight excluding hydrogens is 224 g/mol. The number of hydrogen-bond acceptors (Lipinski definition) is 5. The molecule has 0 bridgehead atoms. The van der Waals surface area contributed by atoms with Crippen LogP contribution < -0.4 is 0 Å². The molecule has 88 valence electrons. The molecule has 1 aromatic rings. The van der Waals surface area contributed by atoms with E-state index in [1.165, 1.54) is 19.1 Å². The van der Waals surface area contributed by atoms with Crippen molar-refractivity contribution in [2.24, 2.45) is 0 Å². The summed E-state index contributed by atoms with van der Waals surface area (Å²) in [5, 5.41) is 19.8. The van der Waals surface area contributed by atoms with Gasteiger partial charge in [-0.1, -0.05) is 6.07 Å². The van der Waals surface area contributed by atoms with Gasteiger partial charge in [-0.05, 0) is 19.9 Å². The van der Waals surface area contributed by atoms with Gasteiger partial charge in [0.25, 0.3) is 5.69 Å². The van der Waals surface area contributed by atoms with Gasteiger partial charge < -0.3 is 4.74 Å². The highest BCUT2D eigenvalue weighted by atomic mass is 16.6. The van der Waals surface area contributed by atoms with Gasteiger partial charge in [0.05, 0.1) is 17.1 Å². The van der Waals surface area contributed by atoms with Crippen LogP contribution in [0.5, 0.6) is 0 Å². The number of aryl methyl sites for hydroxylation is 1. The molecular formula is C11H10N2O4. The third-order valence-electron chi connectivity index (χ3n) is 2.17. The summed E-state index contributed by atoms with van der Waals surface area (Å²) in [4.78, 5) is 21.7.